The van der Waals surface area contributed by atoms with Crippen molar-refractivity contribution in [3.05, 3.63) is 78.4 Å². The van der Waals surface area contributed by atoms with E-state index in [0.717, 1.165) is 29.8 Å². The minimum absolute atomic E-state index is 0.00169. The zero-order chi connectivity index (χ0) is 22.5. The number of hydrogen-bond donors (Lipinski definition) is 1. The third-order valence-corrected chi connectivity index (χ3v) is 5.89. The highest BCUT2D eigenvalue weighted by atomic mass is 16.2. The predicted molar refractivity (Wildman–Crippen MR) is 125 cm³/mol. The normalized spacial score (nSPS) is 15.9. The van der Waals surface area contributed by atoms with E-state index in [4.69, 9.17) is 0 Å². The molecule has 1 aliphatic rings. The van der Waals surface area contributed by atoms with Gasteiger partial charge in [-0.2, -0.15) is 0 Å². The highest BCUT2D eigenvalue weighted by molar-refractivity contribution is 5.94. The smallest absolute Gasteiger partial charge is 0.270 e. The zero-order valence-electron chi connectivity index (χ0n) is 18.6. The van der Waals surface area contributed by atoms with E-state index in [9.17, 15) is 9.59 Å². The number of carbonyl (C=O) groups is 2. The van der Waals surface area contributed by atoms with Crippen LogP contribution in [0.25, 0.3) is 5.69 Å². The average molecular weight is 432 g/mol. The standard InChI is InChI=1S/C25H29N5O2/c1-28(2)21-11-9-19(10-12-21)16-27-24(31)20-6-4-14-29(18-20)25(32)23-8-5-15-30(23)22-7-3-13-26-17-22/h3,5,7-13,15,17,20H,4,6,14,16,18H2,1-2H3,(H,27,31). The van der Waals surface area contributed by atoms with Crippen molar-refractivity contribution in [1.82, 2.24) is 19.8 Å². The Morgan fingerprint density at radius 1 is 1.12 bits per heavy atom. The molecule has 0 saturated carbocycles. The van der Waals surface area contributed by atoms with Gasteiger partial charge in [0.25, 0.3) is 5.91 Å². The van der Waals surface area contributed by atoms with E-state index in [2.05, 4.69) is 10.3 Å². The summed E-state index contributed by atoms with van der Waals surface area (Å²) in [4.78, 5) is 34.0. The summed E-state index contributed by atoms with van der Waals surface area (Å²) in [6.07, 6.45) is 6.90. The minimum atomic E-state index is -0.199. The number of anilines is 1. The van der Waals surface area contributed by atoms with Gasteiger partial charge in [-0.1, -0.05) is 12.1 Å². The molecule has 3 aromatic rings. The molecule has 0 bridgehead atoms. The Kier molecular flexibility index (Phi) is 6.54. The van der Waals surface area contributed by atoms with Crippen molar-refractivity contribution >= 4 is 17.5 Å². The number of likely N-dealkylation sites (tertiary alicyclic amines) is 1. The van der Waals surface area contributed by atoms with E-state index in [1.807, 2.05) is 78.3 Å². The Bertz CT molecular complexity index is 1060. The van der Waals surface area contributed by atoms with Crippen LogP contribution in [-0.2, 0) is 11.3 Å². The molecular formula is C25H29N5O2. The molecule has 1 atom stereocenters. The molecule has 2 aromatic heterocycles. The van der Waals surface area contributed by atoms with Crippen LogP contribution in [0.4, 0.5) is 5.69 Å². The molecule has 32 heavy (non-hydrogen) atoms. The largest absolute Gasteiger partial charge is 0.378 e. The lowest BCUT2D eigenvalue weighted by Crippen LogP contribution is -2.45. The number of nitrogens with zero attached hydrogens (tertiary/aromatic N) is 4. The summed E-state index contributed by atoms with van der Waals surface area (Å²) in [5.41, 5.74) is 3.60. The van der Waals surface area contributed by atoms with Crippen molar-refractivity contribution in [2.24, 2.45) is 5.92 Å². The Morgan fingerprint density at radius 3 is 2.66 bits per heavy atom. The van der Waals surface area contributed by atoms with Crippen LogP contribution in [0.2, 0.25) is 0 Å². The number of amides is 2. The Morgan fingerprint density at radius 2 is 1.94 bits per heavy atom. The highest BCUT2D eigenvalue weighted by Crippen LogP contribution is 2.21. The number of nitrogens with one attached hydrogen (secondary N) is 1. The van der Waals surface area contributed by atoms with Crippen LogP contribution in [0.15, 0.2) is 67.1 Å². The van der Waals surface area contributed by atoms with Gasteiger partial charge in [-0.05, 0) is 54.8 Å². The first-order chi connectivity index (χ1) is 15.5. The van der Waals surface area contributed by atoms with Gasteiger partial charge in [0, 0.05) is 51.8 Å². The third kappa shape index (κ3) is 4.82. The first-order valence-corrected chi connectivity index (χ1v) is 10.9. The monoisotopic (exact) mass is 431 g/mol. The molecule has 1 aromatic carbocycles. The molecule has 1 N–H and O–H groups in total. The Labute approximate surface area is 188 Å². The van der Waals surface area contributed by atoms with Crippen molar-refractivity contribution in [3.8, 4) is 5.69 Å². The fraction of sp³-hybridized carbons (Fsp3) is 0.320. The van der Waals surface area contributed by atoms with Crippen LogP contribution >= 0.6 is 0 Å². The number of pyridine rings is 1. The number of rotatable bonds is 6. The van der Waals surface area contributed by atoms with Crippen LogP contribution < -0.4 is 10.2 Å². The van der Waals surface area contributed by atoms with Crippen molar-refractivity contribution in [2.75, 3.05) is 32.1 Å². The molecule has 0 spiro atoms. The molecule has 1 fully saturated rings. The summed E-state index contributed by atoms with van der Waals surface area (Å²) in [7, 11) is 4.00. The number of benzene rings is 1. The zero-order valence-corrected chi connectivity index (χ0v) is 18.6. The van der Waals surface area contributed by atoms with E-state index in [1.165, 1.54) is 0 Å². The van der Waals surface area contributed by atoms with Gasteiger partial charge < -0.3 is 19.7 Å². The molecule has 7 nitrogen and oxygen atoms in total. The van der Waals surface area contributed by atoms with Gasteiger partial charge >= 0.3 is 0 Å². The van der Waals surface area contributed by atoms with Gasteiger partial charge in [-0.3, -0.25) is 14.6 Å². The van der Waals surface area contributed by atoms with Crippen molar-refractivity contribution < 1.29 is 9.59 Å². The van der Waals surface area contributed by atoms with Crippen molar-refractivity contribution in [3.63, 3.8) is 0 Å². The summed E-state index contributed by atoms with van der Waals surface area (Å²) in [6.45, 7) is 1.58. The molecule has 7 heteroatoms. The summed E-state index contributed by atoms with van der Waals surface area (Å²) >= 11 is 0. The minimum Gasteiger partial charge on any atom is -0.378 e. The predicted octanol–water partition coefficient (Wildman–Crippen LogP) is 3.11. The van der Waals surface area contributed by atoms with E-state index >= 15 is 0 Å². The Balaban J connectivity index is 1.37. The van der Waals surface area contributed by atoms with Crippen LogP contribution in [0.1, 0.15) is 28.9 Å². The maximum absolute atomic E-state index is 13.2. The average Bonchev–Trinajstić information content (AvgIpc) is 3.33. The molecule has 0 radical (unpaired) electrons. The fourth-order valence-electron chi connectivity index (χ4n) is 4.06. The van der Waals surface area contributed by atoms with Gasteiger partial charge in [0.2, 0.25) is 5.91 Å². The second-order valence-corrected chi connectivity index (χ2v) is 8.34. The quantitative estimate of drug-likeness (QED) is 0.651. The summed E-state index contributed by atoms with van der Waals surface area (Å²) in [5, 5.41) is 3.04. The maximum Gasteiger partial charge on any atom is 0.270 e. The van der Waals surface area contributed by atoms with E-state index in [-0.39, 0.29) is 17.7 Å². The number of piperidine rings is 1. The van der Waals surface area contributed by atoms with Crippen LogP contribution in [0.5, 0.6) is 0 Å². The second kappa shape index (κ2) is 9.68. The fourth-order valence-corrected chi connectivity index (χ4v) is 4.06. The number of hydrogen-bond acceptors (Lipinski definition) is 4. The van der Waals surface area contributed by atoms with Crippen molar-refractivity contribution in [1.29, 1.82) is 0 Å². The summed E-state index contributed by atoms with van der Waals surface area (Å²) in [5.74, 6) is -0.256. The lowest BCUT2D eigenvalue weighted by atomic mass is 9.96. The maximum atomic E-state index is 13.2. The van der Waals surface area contributed by atoms with Gasteiger partial charge in [0.1, 0.15) is 5.69 Å². The lowest BCUT2D eigenvalue weighted by Gasteiger charge is -2.32. The summed E-state index contributed by atoms with van der Waals surface area (Å²) in [6, 6.07) is 15.6. The van der Waals surface area contributed by atoms with E-state index in [1.54, 1.807) is 17.3 Å². The van der Waals surface area contributed by atoms with Crippen molar-refractivity contribution in [2.45, 2.75) is 19.4 Å². The Hall–Kier alpha value is -3.61. The molecule has 166 valence electrons. The lowest BCUT2D eigenvalue weighted by molar-refractivity contribution is -0.126. The molecule has 4 rings (SSSR count). The SMILES string of the molecule is CN(C)c1ccc(CNC(=O)C2CCCN(C(=O)c3cccn3-c3cccnc3)C2)cc1. The van der Waals surface area contributed by atoms with Gasteiger partial charge in [-0.15, -0.1) is 0 Å². The van der Waals surface area contributed by atoms with Gasteiger partial charge in [0.05, 0.1) is 17.8 Å². The van der Waals surface area contributed by atoms with E-state index < -0.39 is 0 Å². The number of carbonyl (C=O) groups excluding carboxylic acids is 2. The first-order valence-electron chi connectivity index (χ1n) is 10.9. The second-order valence-electron chi connectivity index (χ2n) is 8.34. The molecule has 3 heterocycles. The molecule has 1 unspecified atom stereocenters. The third-order valence-electron chi connectivity index (χ3n) is 5.89. The molecule has 0 aliphatic carbocycles. The van der Waals surface area contributed by atoms with Gasteiger partial charge in [-0.25, -0.2) is 0 Å². The molecule has 1 saturated heterocycles. The topological polar surface area (TPSA) is 70.5 Å². The van der Waals surface area contributed by atoms with Crippen LogP contribution in [0, 0.1) is 5.92 Å². The van der Waals surface area contributed by atoms with Gasteiger partial charge in [0.15, 0.2) is 0 Å². The van der Waals surface area contributed by atoms with E-state index in [0.29, 0.717) is 25.3 Å². The molecular weight excluding hydrogens is 402 g/mol. The summed E-state index contributed by atoms with van der Waals surface area (Å²) < 4.78 is 1.84. The molecule has 2 amide bonds. The number of aromatic nitrogens is 2. The molecule has 1 aliphatic heterocycles. The van der Waals surface area contributed by atoms with Crippen LogP contribution in [-0.4, -0.2) is 53.5 Å². The van der Waals surface area contributed by atoms with Crippen LogP contribution in [0.3, 0.4) is 0 Å². The highest BCUT2D eigenvalue weighted by Gasteiger charge is 2.30. The first kappa shape index (κ1) is 21.6.